The van der Waals surface area contributed by atoms with E-state index in [2.05, 4.69) is 15.8 Å². The van der Waals surface area contributed by atoms with Gasteiger partial charge >= 0.3 is 0 Å². The lowest BCUT2D eigenvalue weighted by atomic mass is 10.0. The molecule has 0 saturated carbocycles. The Morgan fingerprint density at radius 2 is 1.86 bits per heavy atom. The van der Waals surface area contributed by atoms with E-state index in [0.717, 1.165) is 39.1 Å². The first-order chi connectivity index (χ1) is 18.1. The Morgan fingerprint density at radius 1 is 1.03 bits per heavy atom. The standard InChI is InChI=1S/C28H24ClN3O5/c29-23-14-19(6-8-24(23)33)28(34)32-31-16-20-7-10-25(22-4-2-1-3-21(20)22)35-12-11-30-15-18-5-9-26-27(13-18)37-17-36-26/h1-10,13-14,16,30,33H,11-12,15,17H2,(H,32,34)/b31-16+. The molecule has 3 N–H and O–H groups in total. The average Bonchev–Trinajstić information content (AvgIpc) is 3.39. The fourth-order valence-corrected chi connectivity index (χ4v) is 4.10. The molecular weight excluding hydrogens is 494 g/mol. The maximum absolute atomic E-state index is 12.3. The van der Waals surface area contributed by atoms with Crippen molar-refractivity contribution < 1.29 is 24.1 Å². The van der Waals surface area contributed by atoms with Gasteiger partial charge in [-0.1, -0.05) is 41.9 Å². The average molecular weight is 518 g/mol. The number of phenolic OH excluding ortho intramolecular Hbond substituents is 1. The number of halogens is 1. The second-order valence-corrected chi connectivity index (χ2v) is 8.68. The van der Waals surface area contributed by atoms with Gasteiger partial charge in [0.25, 0.3) is 5.91 Å². The van der Waals surface area contributed by atoms with E-state index in [1.165, 1.54) is 18.2 Å². The minimum atomic E-state index is -0.435. The summed E-state index contributed by atoms with van der Waals surface area (Å²) >= 11 is 5.88. The summed E-state index contributed by atoms with van der Waals surface area (Å²) in [5, 5.41) is 19.0. The van der Waals surface area contributed by atoms with Gasteiger partial charge in [-0.25, -0.2) is 5.43 Å². The van der Waals surface area contributed by atoms with Gasteiger partial charge in [0.05, 0.1) is 11.2 Å². The molecule has 0 aliphatic carbocycles. The number of nitrogens with one attached hydrogen (secondary N) is 2. The van der Waals surface area contributed by atoms with E-state index in [0.29, 0.717) is 25.3 Å². The number of ether oxygens (including phenoxy) is 3. The third kappa shape index (κ3) is 5.77. The molecule has 0 saturated heterocycles. The van der Waals surface area contributed by atoms with Crippen LogP contribution in [0.4, 0.5) is 0 Å². The first-order valence-electron chi connectivity index (χ1n) is 11.6. The molecule has 9 heteroatoms. The quantitative estimate of drug-likeness (QED) is 0.166. The highest BCUT2D eigenvalue weighted by Gasteiger charge is 2.13. The molecule has 37 heavy (non-hydrogen) atoms. The SMILES string of the molecule is O=C(N/N=C/c1ccc(OCCNCc2ccc3c(c2)OCO3)c2ccccc12)c1ccc(O)c(Cl)c1. The van der Waals surface area contributed by atoms with Crippen molar-refractivity contribution >= 4 is 34.5 Å². The number of amides is 1. The van der Waals surface area contributed by atoms with E-state index in [4.69, 9.17) is 25.8 Å². The zero-order valence-electron chi connectivity index (χ0n) is 19.7. The lowest BCUT2D eigenvalue weighted by Crippen LogP contribution is -2.20. The normalized spacial score (nSPS) is 12.2. The first kappa shape index (κ1) is 24.4. The molecule has 188 valence electrons. The van der Waals surface area contributed by atoms with Crippen LogP contribution in [0.15, 0.2) is 77.9 Å². The molecule has 0 fully saturated rings. The van der Waals surface area contributed by atoms with Crippen molar-refractivity contribution in [3.05, 3.63) is 94.5 Å². The summed E-state index contributed by atoms with van der Waals surface area (Å²) in [6.07, 6.45) is 1.58. The summed E-state index contributed by atoms with van der Waals surface area (Å²) in [6, 6.07) is 21.8. The number of hydrogen-bond donors (Lipinski definition) is 3. The predicted octanol–water partition coefficient (Wildman–Crippen LogP) is 4.86. The van der Waals surface area contributed by atoms with Gasteiger partial charge in [0.2, 0.25) is 6.79 Å². The van der Waals surface area contributed by atoms with Crippen molar-refractivity contribution in [3.8, 4) is 23.0 Å². The van der Waals surface area contributed by atoms with Gasteiger partial charge in [-0.3, -0.25) is 4.79 Å². The molecule has 0 atom stereocenters. The lowest BCUT2D eigenvalue weighted by molar-refractivity contribution is 0.0955. The Kier molecular flexibility index (Phi) is 7.39. The van der Waals surface area contributed by atoms with Crippen molar-refractivity contribution in [3.63, 3.8) is 0 Å². The van der Waals surface area contributed by atoms with Gasteiger partial charge in [-0.15, -0.1) is 0 Å². The van der Waals surface area contributed by atoms with Crippen LogP contribution in [-0.4, -0.2) is 37.2 Å². The van der Waals surface area contributed by atoms with Crippen molar-refractivity contribution in [2.75, 3.05) is 19.9 Å². The first-order valence-corrected chi connectivity index (χ1v) is 12.0. The molecule has 4 aromatic carbocycles. The van der Waals surface area contributed by atoms with Crippen LogP contribution in [0.5, 0.6) is 23.0 Å². The van der Waals surface area contributed by atoms with Crippen molar-refractivity contribution in [1.29, 1.82) is 0 Å². The molecule has 8 nitrogen and oxygen atoms in total. The maximum Gasteiger partial charge on any atom is 0.271 e. The summed E-state index contributed by atoms with van der Waals surface area (Å²) in [6.45, 7) is 2.12. The lowest BCUT2D eigenvalue weighted by Gasteiger charge is -2.12. The third-order valence-corrected chi connectivity index (χ3v) is 6.10. The van der Waals surface area contributed by atoms with E-state index >= 15 is 0 Å². The van der Waals surface area contributed by atoms with Gasteiger partial charge in [0.1, 0.15) is 18.1 Å². The monoisotopic (exact) mass is 517 g/mol. The minimum Gasteiger partial charge on any atom is -0.506 e. The molecule has 0 bridgehead atoms. The van der Waals surface area contributed by atoms with Crippen molar-refractivity contribution in [2.24, 2.45) is 5.10 Å². The smallest absolute Gasteiger partial charge is 0.271 e. The Morgan fingerprint density at radius 3 is 2.73 bits per heavy atom. The molecule has 4 aromatic rings. The molecule has 1 heterocycles. The Hall–Kier alpha value is -4.27. The second-order valence-electron chi connectivity index (χ2n) is 8.28. The fourth-order valence-electron chi connectivity index (χ4n) is 3.92. The van der Waals surface area contributed by atoms with Crippen LogP contribution in [0.3, 0.4) is 0 Å². The van der Waals surface area contributed by atoms with E-state index in [9.17, 15) is 9.90 Å². The van der Waals surface area contributed by atoms with E-state index in [1.54, 1.807) is 6.21 Å². The number of carbonyl (C=O) groups is 1. The highest BCUT2D eigenvalue weighted by molar-refractivity contribution is 6.32. The number of rotatable bonds is 9. The number of fused-ring (bicyclic) bond motifs is 2. The predicted molar refractivity (Wildman–Crippen MR) is 142 cm³/mol. The highest BCUT2D eigenvalue weighted by Crippen LogP contribution is 2.32. The number of hydrazone groups is 1. The van der Waals surface area contributed by atoms with E-state index in [1.807, 2.05) is 54.6 Å². The largest absolute Gasteiger partial charge is 0.506 e. The maximum atomic E-state index is 12.3. The summed E-state index contributed by atoms with van der Waals surface area (Å²) in [4.78, 5) is 12.3. The number of carbonyl (C=O) groups excluding carboxylic acids is 1. The molecular formula is C28H24ClN3O5. The summed E-state index contributed by atoms with van der Waals surface area (Å²) in [7, 11) is 0. The van der Waals surface area contributed by atoms with Gasteiger partial charge in [0, 0.05) is 29.6 Å². The van der Waals surface area contributed by atoms with E-state index in [-0.39, 0.29) is 17.6 Å². The molecule has 0 spiro atoms. The van der Waals surface area contributed by atoms with Crippen LogP contribution >= 0.6 is 11.6 Å². The van der Waals surface area contributed by atoms with Crippen LogP contribution in [0.2, 0.25) is 5.02 Å². The minimum absolute atomic E-state index is 0.0871. The molecule has 0 aromatic heterocycles. The third-order valence-electron chi connectivity index (χ3n) is 5.80. The highest BCUT2D eigenvalue weighted by atomic mass is 35.5. The van der Waals surface area contributed by atoms with Crippen LogP contribution in [0, 0.1) is 0 Å². The molecule has 1 amide bonds. The van der Waals surface area contributed by atoms with Crippen molar-refractivity contribution in [2.45, 2.75) is 6.54 Å². The van der Waals surface area contributed by atoms with Gasteiger partial charge < -0.3 is 24.6 Å². The molecule has 5 rings (SSSR count). The second kappa shape index (κ2) is 11.2. The Labute approximate surface area is 218 Å². The summed E-state index contributed by atoms with van der Waals surface area (Å²) < 4.78 is 16.8. The molecule has 0 radical (unpaired) electrons. The topological polar surface area (TPSA) is 101 Å². The number of aromatic hydroxyl groups is 1. The fraction of sp³-hybridized carbons (Fsp3) is 0.143. The summed E-state index contributed by atoms with van der Waals surface area (Å²) in [5.41, 5.74) is 4.71. The molecule has 1 aliphatic heterocycles. The molecule has 1 aliphatic rings. The van der Waals surface area contributed by atoms with Crippen LogP contribution in [-0.2, 0) is 6.54 Å². The van der Waals surface area contributed by atoms with Crippen molar-refractivity contribution in [1.82, 2.24) is 10.7 Å². The number of nitrogens with zero attached hydrogens (tertiary/aromatic N) is 1. The number of hydrogen-bond acceptors (Lipinski definition) is 7. The van der Waals surface area contributed by atoms with Crippen LogP contribution in [0.1, 0.15) is 21.5 Å². The number of phenols is 1. The Bertz CT molecular complexity index is 1470. The van der Waals surface area contributed by atoms with Gasteiger partial charge in [-0.2, -0.15) is 5.10 Å². The van der Waals surface area contributed by atoms with Gasteiger partial charge in [-0.05, 0) is 53.4 Å². The van der Waals surface area contributed by atoms with Crippen LogP contribution in [0.25, 0.3) is 10.8 Å². The van der Waals surface area contributed by atoms with E-state index < -0.39 is 5.91 Å². The summed E-state index contributed by atoms with van der Waals surface area (Å²) in [5.74, 6) is 1.79. The number of benzene rings is 4. The van der Waals surface area contributed by atoms with Crippen LogP contribution < -0.4 is 25.0 Å². The zero-order chi connectivity index (χ0) is 25.6. The Balaban J connectivity index is 1.17. The molecule has 0 unspecified atom stereocenters. The zero-order valence-corrected chi connectivity index (χ0v) is 20.5. The van der Waals surface area contributed by atoms with Gasteiger partial charge in [0.15, 0.2) is 11.5 Å².